The SMILES string of the molecule is COc1c(N2CCC(OC)(C(F)(F)F)C2C(=O)Nc2ccnc(SC)c2)ccc(F)c1F. The van der Waals surface area contributed by atoms with Gasteiger partial charge in [0.1, 0.15) is 6.04 Å². The number of pyridine rings is 1. The van der Waals surface area contributed by atoms with Crippen molar-refractivity contribution < 1.29 is 36.2 Å². The Bertz CT molecular complexity index is 1010. The lowest BCUT2D eigenvalue weighted by molar-refractivity contribution is -0.269. The zero-order valence-electron chi connectivity index (χ0n) is 17.3. The van der Waals surface area contributed by atoms with Crippen molar-refractivity contribution in [2.45, 2.75) is 29.3 Å². The van der Waals surface area contributed by atoms with Crippen LogP contribution in [0.1, 0.15) is 6.42 Å². The first-order valence-corrected chi connectivity index (χ1v) is 10.5. The molecule has 1 amide bonds. The number of carbonyl (C=O) groups is 1. The predicted molar refractivity (Wildman–Crippen MR) is 109 cm³/mol. The van der Waals surface area contributed by atoms with Crippen molar-refractivity contribution in [2.75, 3.05) is 37.2 Å². The van der Waals surface area contributed by atoms with Crippen LogP contribution in [0.4, 0.5) is 33.3 Å². The number of amides is 1. The van der Waals surface area contributed by atoms with E-state index in [-0.39, 0.29) is 17.9 Å². The standard InChI is InChI=1S/C20H20F5N3O3S/c1-30-16-13(5-4-12(21)15(16)22)28-9-7-19(31-2,20(23,24)25)17(28)18(29)27-11-6-8-26-14(10-11)32-3/h4-6,8,10,17H,7,9H2,1-3H3,(H,26,27,29). The molecule has 1 aliphatic heterocycles. The molecule has 1 N–H and O–H groups in total. The van der Waals surface area contributed by atoms with Crippen LogP contribution < -0.4 is 15.0 Å². The Morgan fingerprint density at radius 2 is 2.00 bits per heavy atom. The Morgan fingerprint density at radius 1 is 1.28 bits per heavy atom. The van der Waals surface area contributed by atoms with Crippen LogP contribution in [0.5, 0.6) is 5.75 Å². The smallest absolute Gasteiger partial charge is 0.420 e. The van der Waals surface area contributed by atoms with Crippen LogP contribution in [0.3, 0.4) is 0 Å². The van der Waals surface area contributed by atoms with E-state index in [1.54, 1.807) is 6.26 Å². The maximum atomic E-state index is 14.3. The summed E-state index contributed by atoms with van der Waals surface area (Å²) < 4.78 is 80.4. The van der Waals surface area contributed by atoms with Gasteiger partial charge in [-0.15, -0.1) is 11.8 Å². The Morgan fingerprint density at radius 3 is 2.59 bits per heavy atom. The van der Waals surface area contributed by atoms with Crippen molar-refractivity contribution in [2.24, 2.45) is 0 Å². The molecule has 2 heterocycles. The molecular formula is C20H20F5N3O3S. The van der Waals surface area contributed by atoms with Crippen molar-refractivity contribution in [3.05, 3.63) is 42.1 Å². The fourth-order valence-corrected chi connectivity index (χ4v) is 4.21. The molecule has 6 nitrogen and oxygen atoms in total. The molecular weight excluding hydrogens is 457 g/mol. The van der Waals surface area contributed by atoms with Crippen LogP contribution in [0.15, 0.2) is 35.5 Å². The maximum Gasteiger partial charge on any atom is 0.420 e. The second-order valence-electron chi connectivity index (χ2n) is 6.93. The fraction of sp³-hybridized carbons (Fsp3) is 0.400. The number of aromatic nitrogens is 1. The van der Waals surface area contributed by atoms with E-state index in [1.165, 1.54) is 30.1 Å². The number of methoxy groups -OCH3 is 2. The third-order valence-electron chi connectivity index (χ3n) is 5.32. The third kappa shape index (κ3) is 4.08. The van der Waals surface area contributed by atoms with Crippen LogP contribution in [0.25, 0.3) is 0 Å². The van der Waals surface area contributed by atoms with E-state index in [9.17, 15) is 26.7 Å². The van der Waals surface area contributed by atoms with E-state index in [2.05, 4.69) is 10.3 Å². The monoisotopic (exact) mass is 477 g/mol. The molecule has 12 heteroatoms. The highest BCUT2D eigenvalue weighted by Gasteiger charge is 2.67. The normalized spacial score (nSPS) is 21.0. The number of nitrogens with zero attached hydrogens (tertiary/aromatic N) is 2. The molecule has 1 saturated heterocycles. The first-order chi connectivity index (χ1) is 15.1. The molecule has 174 valence electrons. The first-order valence-electron chi connectivity index (χ1n) is 9.31. The summed E-state index contributed by atoms with van der Waals surface area (Å²) in [6.07, 6.45) is -2.40. The van der Waals surface area contributed by atoms with Gasteiger partial charge in [-0.1, -0.05) is 0 Å². The number of nitrogens with one attached hydrogen (secondary N) is 1. The van der Waals surface area contributed by atoms with Crippen LogP contribution in [-0.2, 0) is 9.53 Å². The van der Waals surface area contributed by atoms with E-state index >= 15 is 0 Å². The molecule has 1 aromatic carbocycles. The van der Waals surface area contributed by atoms with Crippen LogP contribution >= 0.6 is 11.8 Å². The molecule has 0 saturated carbocycles. The number of rotatable bonds is 6. The number of hydrogen-bond acceptors (Lipinski definition) is 6. The van der Waals surface area contributed by atoms with Gasteiger partial charge in [0.2, 0.25) is 11.7 Å². The number of benzene rings is 1. The minimum atomic E-state index is -4.94. The average molecular weight is 477 g/mol. The highest BCUT2D eigenvalue weighted by Crippen LogP contribution is 2.48. The largest absolute Gasteiger partial charge is 0.491 e. The summed E-state index contributed by atoms with van der Waals surface area (Å²) in [5.74, 6) is -4.25. The lowest BCUT2D eigenvalue weighted by Crippen LogP contribution is -2.61. The zero-order valence-corrected chi connectivity index (χ0v) is 18.1. The predicted octanol–water partition coefficient (Wildman–Crippen LogP) is 4.26. The first kappa shape index (κ1) is 24.1. The molecule has 2 aromatic rings. The summed E-state index contributed by atoms with van der Waals surface area (Å²) in [7, 11) is 1.92. The maximum absolute atomic E-state index is 14.3. The lowest BCUT2D eigenvalue weighted by atomic mass is 9.92. The van der Waals surface area contributed by atoms with Gasteiger partial charge in [0.15, 0.2) is 17.2 Å². The molecule has 2 unspecified atom stereocenters. The van der Waals surface area contributed by atoms with Crippen molar-refractivity contribution in [3.63, 3.8) is 0 Å². The van der Waals surface area contributed by atoms with E-state index in [0.717, 1.165) is 31.3 Å². The molecule has 1 aliphatic rings. The zero-order chi connectivity index (χ0) is 23.7. The molecule has 1 fully saturated rings. The van der Waals surface area contributed by atoms with Gasteiger partial charge < -0.3 is 19.7 Å². The van der Waals surface area contributed by atoms with Crippen molar-refractivity contribution >= 4 is 29.0 Å². The molecule has 2 atom stereocenters. The molecule has 3 rings (SSSR count). The third-order valence-corrected chi connectivity index (χ3v) is 5.97. The number of hydrogen-bond donors (Lipinski definition) is 1. The molecule has 32 heavy (non-hydrogen) atoms. The topological polar surface area (TPSA) is 63.7 Å². The van der Waals surface area contributed by atoms with Crippen LogP contribution in [0, 0.1) is 11.6 Å². The summed E-state index contributed by atoms with van der Waals surface area (Å²) >= 11 is 1.28. The van der Waals surface area contributed by atoms with E-state index in [4.69, 9.17) is 9.47 Å². The molecule has 1 aromatic heterocycles. The summed E-state index contributed by atoms with van der Waals surface area (Å²) in [4.78, 5) is 18.3. The number of alkyl halides is 3. The van der Waals surface area contributed by atoms with Gasteiger partial charge >= 0.3 is 6.18 Å². The Balaban J connectivity index is 2.10. The molecule has 0 radical (unpaired) electrons. The van der Waals surface area contributed by atoms with E-state index < -0.39 is 47.5 Å². The second-order valence-corrected chi connectivity index (χ2v) is 7.75. The van der Waals surface area contributed by atoms with Gasteiger partial charge in [0.25, 0.3) is 0 Å². The number of anilines is 2. The molecule has 0 aliphatic carbocycles. The number of thioether (sulfide) groups is 1. The fourth-order valence-electron chi connectivity index (χ4n) is 3.79. The van der Waals surface area contributed by atoms with Crippen molar-refractivity contribution in [1.82, 2.24) is 4.98 Å². The van der Waals surface area contributed by atoms with Gasteiger partial charge in [-0.3, -0.25) is 4.79 Å². The highest BCUT2D eigenvalue weighted by atomic mass is 32.2. The molecule has 0 bridgehead atoms. The van der Waals surface area contributed by atoms with Crippen molar-refractivity contribution in [1.29, 1.82) is 0 Å². The quantitative estimate of drug-likeness (QED) is 0.496. The van der Waals surface area contributed by atoms with E-state index in [0.29, 0.717) is 5.03 Å². The van der Waals surface area contributed by atoms with Gasteiger partial charge in [-0.05, 0) is 30.5 Å². The lowest BCUT2D eigenvalue weighted by Gasteiger charge is -2.38. The van der Waals surface area contributed by atoms with Crippen LogP contribution in [-0.4, -0.2) is 55.7 Å². The Kier molecular flexibility index (Phi) is 6.84. The van der Waals surface area contributed by atoms with Gasteiger partial charge in [-0.2, -0.15) is 17.6 Å². The summed E-state index contributed by atoms with van der Waals surface area (Å²) in [6, 6.07) is 2.81. The number of halogens is 5. The minimum absolute atomic E-state index is 0.200. The summed E-state index contributed by atoms with van der Waals surface area (Å²) in [5.41, 5.74) is -2.86. The highest BCUT2D eigenvalue weighted by molar-refractivity contribution is 7.98. The Labute approximate surface area is 185 Å². The number of carbonyl (C=O) groups excluding carboxylic acids is 1. The second kappa shape index (κ2) is 9.10. The Hall–Kier alpha value is -2.60. The van der Waals surface area contributed by atoms with E-state index in [1.807, 2.05) is 0 Å². The van der Waals surface area contributed by atoms with Gasteiger partial charge in [0, 0.05) is 32.0 Å². The van der Waals surface area contributed by atoms with Gasteiger partial charge in [0.05, 0.1) is 17.8 Å². The summed E-state index contributed by atoms with van der Waals surface area (Å²) in [5, 5.41) is 3.00. The average Bonchev–Trinajstić information content (AvgIpc) is 3.16. The van der Waals surface area contributed by atoms with Crippen LogP contribution in [0.2, 0.25) is 0 Å². The summed E-state index contributed by atoms with van der Waals surface area (Å²) in [6.45, 7) is -0.320. The number of ether oxygens (including phenoxy) is 2. The molecule has 0 spiro atoms. The minimum Gasteiger partial charge on any atom is -0.491 e. The van der Waals surface area contributed by atoms with Gasteiger partial charge in [-0.25, -0.2) is 9.37 Å². The van der Waals surface area contributed by atoms with Crippen molar-refractivity contribution in [3.8, 4) is 5.75 Å².